The number of hydrogen-bond acceptors (Lipinski definition) is 3. The molecule has 7 heteroatoms. The Labute approximate surface area is 158 Å². The number of amides is 1. The zero-order chi connectivity index (χ0) is 19.5. The number of aliphatic imine (C=N–C) groups is 1. The van der Waals surface area contributed by atoms with Gasteiger partial charge in [-0.05, 0) is 48.7 Å². The van der Waals surface area contributed by atoms with E-state index in [2.05, 4.69) is 15.6 Å². The molecule has 0 unspecified atom stereocenters. The first-order valence-electron chi connectivity index (χ1n) is 8.83. The molecule has 2 aromatic carbocycles. The Morgan fingerprint density at radius 3 is 2.63 bits per heavy atom. The van der Waals surface area contributed by atoms with E-state index < -0.39 is 5.91 Å². The van der Waals surface area contributed by atoms with Gasteiger partial charge in [0.05, 0.1) is 6.54 Å². The summed E-state index contributed by atoms with van der Waals surface area (Å²) in [6, 6.07) is 13.8. The van der Waals surface area contributed by atoms with E-state index in [9.17, 15) is 9.18 Å². The molecule has 0 bridgehead atoms. The summed E-state index contributed by atoms with van der Waals surface area (Å²) in [4.78, 5) is 15.4. The minimum Gasteiger partial charge on any atom is -0.484 e. The monoisotopic (exact) mass is 372 g/mol. The predicted octanol–water partition coefficient (Wildman–Crippen LogP) is 1.99. The molecule has 0 aliphatic heterocycles. The summed E-state index contributed by atoms with van der Waals surface area (Å²) in [5.74, 6) is 0.528. The van der Waals surface area contributed by atoms with Gasteiger partial charge in [0.1, 0.15) is 11.6 Å². The van der Waals surface area contributed by atoms with Crippen molar-refractivity contribution in [1.29, 1.82) is 0 Å². The molecule has 2 rings (SSSR count). The van der Waals surface area contributed by atoms with Crippen molar-refractivity contribution in [3.8, 4) is 5.75 Å². The summed E-state index contributed by atoms with van der Waals surface area (Å²) in [7, 11) is 0. The van der Waals surface area contributed by atoms with Crippen molar-refractivity contribution < 1.29 is 13.9 Å². The van der Waals surface area contributed by atoms with Gasteiger partial charge in [0.25, 0.3) is 5.91 Å². The lowest BCUT2D eigenvalue weighted by Gasteiger charge is -2.11. The molecule has 0 aliphatic rings. The Bertz CT molecular complexity index is 763. The third-order valence-electron chi connectivity index (χ3n) is 3.66. The summed E-state index contributed by atoms with van der Waals surface area (Å²) >= 11 is 0. The highest BCUT2D eigenvalue weighted by molar-refractivity contribution is 5.79. The van der Waals surface area contributed by atoms with Crippen LogP contribution >= 0.6 is 0 Å². The van der Waals surface area contributed by atoms with E-state index >= 15 is 0 Å². The number of carbonyl (C=O) groups is 1. The zero-order valence-corrected chi connectivity index (χ0v) is 15.4. The molecule has 27 heavy (non-hydrogen) atoms. The van der Waals surface area contributed by atoms with Crippen molar-refractivity contribution in [3.63, 3.8) is 0 Å². The Hall–Kier alpha value is -3.09. The van der Waals surface area contributed by atoms with Crippen LogP contribution in [-0.2, 0) is 17.8 Å². The average Bonchev–Trinajstić information content (AvgIpc) is 2.66. The molecule has 0 spiro atoms. The van der Waals surface area contributed by atoms with E-state index in [1.807, 2.05) is 25.1 Å². The van der Waals surface area contributed by atoms with Crippen LogP contribution in [0.4, 0.5) is 4.39 Å². The van der Waals surface area contributed by atoms with Crippen LogP contribution in [-0.4, -0.2) is 31.6 Å². The van der Waals surface area contributed by atoms with Gasteiger partial charge in [-0.2, -0.15) is 0 Å². The van der Waals surface area contributed by atoms with Gasteiger partial charge in [-0.25, -0.2) is 9.38 Å². The molecule has 6 nitrogen and oxygen atoms in total. The fraction of sp³-hybridized carbons (Fsp3) is 0.300. The number of halogens is 1. The molecule has 4 N–H and O–H groups in total. The number of nitrogens with zero attached hydrogens (tertiary/aromatic N) is 1. The molecule has 0 saturated carbocycles. The molecule has 0 heterocycles. The SMILES string of the molecule is CCNC(=NCc1cccc(OCC(N)=O)c1)NCCc1ccc(F)cc1. The molecule has 0 atom stereocenters. The van der Waals surface area contributed by atoms with Crippen LogP contribution in [0, 0.1) is 5.82 Å². The summed E-state index contributed by atoms with van der Waals surface area (Å²) < 4.78 is 18.2. The highest BCUT2D eigenvalue weighted by Crippen LogP contribution is 2.14. The van der Waals surface area contributed by atoms with E-state index in [1.165, 1.54) is 12.1 Å². The number of rotatable bonds is 9. The van der Waals surface area contributed by atoms with Crippen LogP contribution in [0.15, 0.2) is 53.5 Å². The van der Waals surface area contributed by atoms with Crippen LogP contribution in [0.3, 0.4) is 0 Å². The summed E-state index contributed by atoms with van der Waals surface area (Å²) in [6.07, 6.45) is 0.765. The molecule has 0 aliphatic carbocycles. The van der Waals surface area contributed by atoms with Gasteiger partial charge in [0.15, 0.2) is 12.6 Å². The van der Waals surface area contributed by atoms with Crippen molar-refractivity contribution in [2.75, 3.05) is 19.7 Å². The van der Waals surface area contributed by atoms with Crippen LogP contribution in [0.25, 0.3) is 0 Å². The highest BCUT2D eigenvalue weighted by atomic mass is 19.1. The summed E-state index contributed by atoms with van der Waals surface area (Å²) in [6.45, 7) is 3.72. The molecule has 2 aromatic rings. The fourth-order valence-corrected chi connectivity index (χ4v) is 2.38. The smallest absolute Gasteiger partial charge is 0.255 e. The molecule has 144 valence electrons. The maximum atomic E-state index is 12.9. The van der Waals surface area contributed by atoms with Crippen molar-refractivity contribution in [3.05, 3.63) is 65.5 Å². The fourth-order valence-electron chi connectivity index (χ4n) is 2.38. The van der Waals surface area contributed by atoms with E-state index in [0.717, 1.165) is 24.1 Å². The van der Waals surface area contributed by atoms with E-state index in [1.54, 1.807) is 18.2 Å². The van der Waals surface area contributed by atoms with Crippen molar-refractivity contribution in [2.45, 2.75) is 19.9 Å². The molecular formula is C20H25FN4O2. The van der Waals surface area contributed by atoms with E-state index in [-0.39, 0.29) is 12.4 Å². The van der Waals surface area contributed by atoms with Crippen molar-refractivity contribution >= 4 is 11.9 Å². The number of primary amides is 1. The largest absolute Gasteiger partial charge is 0.484 e. The number of guanidine groups is 1. The standard InChI is InChI=1S/C20H25FN4O2/c1-2-23-20(24-11-10-15-6-8-17(21)9-7-15)25-13-16-4-3-5-18(12-16)27-14-19(22)26/h3-9,12H,2,10-11,13-14H2,1H3,(H2,22,26)(H2,23,24,25). The summed E-state index contributed by atoms with van der Waals surface area (Å²) in [5.41, 5.74) is 7.09. The first-order chi connectivity index (χ1) is 13.1. The van der Waals surface area contributed by atoms with Crippen LogP contribution in [0.1, 0.15) is 18.1 Å². The highest BCUT2D eigenvalue weighted by Gasteiger charge is 2.01. The Morgan fingerprint density at radius 2 is 1.93 bits per heavy atom. The minimum atomic E-state index is -0.516. The van der Waals surface area contributed by atoms with Crippen molar-refractivity contribution in [2.24, 2.45) is 10.7 Å². The zero-order valence-electron chi connectivity index (χ0n) is 15.4. The quantitative estimate of drug-likeness (QED) is 0.464. The van der Waals surface area contributed by atoms with Crippen molar-refractivity contribution in [1.82, 2.24) is 10.6 Å². The molecule has 0 aromatic heterocycles. The number of carbonyl (C=O) groups excluding carboxylic acids is 1. The maximum Gasteiger partial charge on any atom is 0.255 e. The van der Waals surface area contributed by atoms with Gasteiger partial charge >= 0.3 is 0 Å². The van der Waals surface area contributed by atoms with Crippen LogP contribution < -0.4 is 21.1 Å². The Morgan fingerprint density at radius 1 is 1.15 bits per heavy atom. The number of benzene rings is 2. The second-order valence-corrected chi connectivity index (χ2v) is 5.90. The lowest BCUT2D eigenvalue weighted by Crippen LogP contribution is -2.38. The second-order valence-electron chi connectivity index (χ2n) is 5.90. The van der Waals surface area contributed by atoms with E-state index in [4.69, 9.17) is 10.5 Å². The summed E-state index contributed by atoms with van der Waals surface area (Å²) in [5, 5.41) is 6.45. The number of nitrogens with two attached hydrogens (primary N) is 1. The Kier molecular flexibility index (Phi) is 8.09. The first-order valence-corrected chi connectivity index (χ1v) is 8.83. The minimum absolute atomic E-state index is 0.152. The third kappa shape index (κ3) is 7.77. The molecule has 0 saturated heterocycles. The number of ether oxygens (including phenoxy) is 1. The molecular weight excluding hydrogens is 347 g/mol. The van der Waals surface area contributed by atoms with Gasteiger partial charge in [-0.15, -0.1) is 0 Å². The molecule has 0 radical (unpaired) electrons. The topological polar surface area (TPSA) is 88.7 Å². The van der Waals surface area contributed by atoms with Crippen LogP contribution in [0.5, 0.6) is 5.75 Å². The van der Waals surface area contributed by atoms with Gasteiger partial charge in [-0.1, -0.05) is 24.3 Å². The average molecular weight is 372 g/mol. The van der Waals surface area contributed by atoms with Gasteiger partial charge in [-0.3, -0.25) is 4.79 Å². The predicted molar refractivity (Wildman–Crippen MR) is 104 cm³/mol. The number of hydrogen-bond donors (Lipinski definition) is 3. The maximum absolute atomic E-state index is 12.9. The first kappa shape index (κ1) is 20.2. The lowest BCUT2D eigenvalue weighted by molar-refractivity contribution is -0.119. The van der Waals surface area contributed by atoms with Gasteiger partial charge in [0.2, 0.25) is 0 Å². The second kappa shape index (κ2) is 10.8. The van der Waals surface area contributed by atoms with Gasteiger partial charge in [0, 0.05) is 13.1 Å². The molecule has 0 fully saturated rings. The van der Waals surface area contributed by atoms with E-state index in [0.29, 0.717) is 24.8 Å². The number of nitrogens with one attached hydrogen (secondary N) is 2. The van der Waals surface area contributed by atoms with Crippen LogP contribution in [0.2, 0.25) is 0 Å². The normalized spacial score (nSPS) is 11.1. The third-order valence-corrected chi connectivity index (χ3v) is 3.66. The lowest BCUT2D eigenvalue weighted by atomic mass is 10.1. The Balaban J connectivity index is 1.89. The molecule has 1 amide bonds. The van der Waals surface area contributed by atoms with Gasteiger partial charge < -0.3 is 21.1 Å².